The van der Waals surface area contributed by atoms with Crippen LogP contribution in [0.2, 0.25) is 0 Å². The number of aromatic nitrogens is 2. The van der Waals surface area contributed by atoms with Crippen LogP contribution in [0.25, 0.3) is 0 Å². The fraction of sp³-hybridized carbons (Fsp3) is 0.438. The Morgan fingerprint density at radius 3 is 2.44 bits per heavy atom. The van der Waals surface area contributed by atoms with Crippen molar-refractivity contribution in [3.63, 3.8) is 0 Å². The first-order chi connectivity index (χ1) is 11.7. The molecule has 0 spiro atoms. The highest BCUT2D eigenvalue weighted by Crippen LogP contribution is 2.35. The zero-order chi connectivity index (χ0) is 18.7. The first kappa shape index (κ1) is 19.2. The van der Waals surface area contributed by atoms with Crippen molar-refractivity contribution in [2.24, 2.45) is 5.41 Å². The van der Waals surface area contributed by atoms with E-state index in [4.69, 9.17) is 4.74 Å². The number of aliphatic hydroxyl groups excluding tert-OH is 1. The highest BCUT2D eigenvalue weighted by molar-refractivity contribution is 5.30. The van der Waals surface area contributed by atoms with Crippen molar-refractivity contribution >= 4 is 0 Å². The van der Waals surface area contributed by atoms with Gasteiger partial charge < -0.3 is 9.84 Å². The van der Waals surface area contributed by atoms with E-state index in [0.717, 1.165) is 18.2 Å². The Kier molecular flexibility index (Phi) is 5.66. The van der Waals surface area contributed by atoms with Crippen molar-refractivity contribution < 1.29 is 31.8 Å². The molecule has 0 aliphatic carbocycles. The molecule has 9 heteroatoms. The van der Waals surface area contributed by atoms with E-state index < -0.39 is 42.8 Å². The average Bonchev–Trinajstić information content (AvgIpc) is 3.12. The summed E-state index contributed by atoms with van der Waals surface area (Å²) in [5.41, 5.74) is -2.72. The monoisotopic (exact) mass is 364 g/mol. The van der Waals surface area contributed by atoms with Crippen molar-refractivity contribution in [2.45, 2.75) is 25.4 Å². The molecule has 0 aliphatic heterocycles. The van der Waals surface area contributed by atoms with Crippen molar-refractivity contribution in [1.82, 2.24) is 9.55 Å². The number of hydrogen-bond donors (Lipinski definition) is 1. The maximum Gasteiger partial charge on any atom is 0.416 e. The molecule has 0 fully saturated rings. The Morgan fingerprint density at radius 2 is 1.92 bits per heavy atom. The molecule has 1 aromatic carbocycles. The molecule has 2 unspecified atom stereocenters. The average molecular weight is 364 g/mol. The van der Waals surface area contributed by atoms with Crippen LogP contribution in [0, 0.1) is 5.41 Å². The Hall–Kier alpha value is -2.16. The summed E-state index contributed by atoms with van der Waals surface area (Å²) in [7, 11) is 0. The minimum absolute atomic E-state index is 0.201. The number of benzene rings is 1. The summed E-state index contributed by atoms with van der Waals surface area (Å²) in [5, 5.41) is 10.4. The van der Waals surface area contributed by atoms with Gasteiger partial charge in [-0.05, 0) is 18.2 Å². The number of hydrogen-bond acceptors (Lipinski definition) is 3. The number of nitrogens with zero attached hydrogens (tertiary/aromatic N) is 2. The Balaban J connectivity index is 2.35. The topological polar surface area (TPSA) is 47.3 Å². The maximum atomic E-state index is 13.2. The van der Waals surface area contributed by atoms with Gasteiger partial charge in [-0.2, -0.15) is 13.2 Å². The van der Waals surface area contributed by atoms with Gasteiger partial charge in [-0.1, -0.05) is 13.0 Å². The van der Waals surface area contributed by atoms with E-state index in [-0.39, 0.29) is 5.75 Å². The highest BCUT2D eigenvalue weighted by atomic mass is 19.4. The van der Waals surface area contributed by atoms with E-state index in [1.54, 1.807) is 0 Å². The zero-order valence-electron chi connectivity index (χ0n) is 13.3. The summed E-state index contributed by atoms with van der Waals surface area (Å²) >= 11 is 0. The van der Waals surface area contributed by atoms with Gasteiger partial charge in [-0.15, -0.1) is 0 Å². The molecule has 2 atom stereocenters. The first-order valence-corrected chi connectivity index (χ1v) is 7.32. The summed E-state index contributed by atoms with van der Waals surface area (Å²) < 4.78 is 71.6. The molecule has 0 bridgehead atoms. The van der Waals surface area contributed by atoms with Crippen molar-refractivity contribution in [2.75, 3.05) is 13.3 Å². The molecule has 0 saturated heterocycles. The smallest absolute Gasteiger partial charge is 0.416 e. The second-order valence-corrected chi connectivity index (χ2v) is 5.91. The van der Waals surface area contributed by atoms with Crippen molar-refractivity contribution in [3.05, 3.63) is 48.5 Å². The van der Waals surface area contributed by atoms with Crippen LogP contribution >= 0.6 is 0 Å². The fourth-order valence-corrected chi connectivity index (χ4v) is 2.13. The van der Waals surface area contributed by atoms with Crippen molar-refractivity contribution in [1.29, 1.82) is 0 Å². The molecular formula is C16H17F5N2O2. The van der Waals surface area contributed by atoms with Crippen LogP contribution in [0.15, 0.2) is 43.0 Å². The van der Waals surface area contributed by atoms with Crippen LogP contribution in [0.4, 0.5) is 22.0 Å². The molecule has 0 amide bonds. The normalized spacial score (nSPS) is 15.0. The minimum Gasteiger partial charge on any atom is -0.467 e. The van der Waals surface area contributed by atoms with E-state index in [9.17, 15) is 27.1 Å². The molecule has 1 heterocycles. The summed E-state index contributed by atoms with van der Waals surface area (Å²) in [5.74, 6) is -0.201. The highest BCUT2D eigenvalue weighted by Gasteiger charge is 2.41. The zero-order valence-corrected chi connectivity index (χ0v) is 13.3. The maximum absolute atomic E-state index is 13.2. The number of ether oxygens (including phenoxy) is 1. The third-order valence-electron chi connectivity index (χ3n) is 3.83. The van der Waals surface area contributed by atoms with Gasteiger partial charge in [-0.25, -0.2) is 4.98 Å². The largest absolute Gasteiger partial charge is 0.467 e. The lowest BCUT2D eigenvalue weighted by atomic mass is 9.86. The van der Waals surface area contributed by atoms with Gasteiger partial charge in [0.1, 0.15) is 11.9 Å². The summed E-state index contributed by atoms with van der Waals surface area (Å²) in [6, 6.07) is 4.01. The summed E-state index contributed by atoms with van der Waals surface area (Å²) in [6.45, 7) is -1.18. The van der Waals surface area contributed by atoms with Gasteiger partial charge in [0, 0.05) is 12.4 Å². The number of halogens is 5. The fourth-order valence-electron chi connectivity index (χ4n) is 2.13. The third-order valence-corrected chi connectivity index (χ3v) is 3.83. The van der Waals surface area contributed by atoms with Gasteiger partial charge in [0.25, 0.3) is 0 Å². The predicted molar refractivity (Wildman–Crippen MR) is 79.4 cm³/mol. The molecule has 0 aliphatic rings. The molecule has 0 saturated carbocycles. The molecule has 1 aromatic heterocycles. The number of aliphatic hydroxyl groups is 1. The van der Waals surface area contributed by atoms with Crippen LogP contribution in [-0.4, -0.2) is 34.1 Å². The van der Waals surface area contributed by atoms with E-state index in [0.29, 0.717) is 0 Å². The summed E-state index contributed by atoms with van der Waals surface area (Å²) in [4.78, 5) is 3.76. The Bertz CT molecular complexity index is 671. The predicted octanol–water partition coefficient (Wildman–Crippen LogP) is 3.79. The lowest BCUT2D eigenvalue weighted by molar-refractivity contribution is -0.138. The van der Waals surface area contributed by atoms with E-state index >= 15 is 0 Å². The third kappa shape index (κ3) is 4.28. The second-order valence-electron chi connectivity index (χ2n) is 5.91. The SMILES string of the molecule is CC(CF)(CF)C(O)C(Oc1cccc(C(F)(F)F)c1)n1ccnc1. The van der Waals surface area contributed by atoms with Crippen LogP contribution < -0.4 is 4.74 Å². The molecule has 1 N–H and O–H groups in total. The van der Waals surface area contributed by atoms with Crippen molar-refractivity contribution in [3.8, 4) is 5.75 Å². The van der Waals surface area contributed by atoms with Gasteiger partial charge in [0.05, 0.1) is 30.7 Å². The Labute approximate surface area is 140 Å². The van der Waals surface area contributed by atoms with Crippen LogP contribution in [-0.2, 0) is 6.18 Å². The molecule has 4 nitrogen and oxygen atoms in total. The minimum atomic E-state index is -4.57. The number of alkyl halides is 5. The summed E-state index contributed by atoms with van der Waals surface area (Å²) in [6.07, 6.45) is -3.66. The molecule has 2 rings (SSSR count). The first-order valence-electron chi connectivity index (χ1n) is 7.32. The lowest BCUT2D eigenvalue weighted by Gasteiger charge is -2.35. The van der Waals surface area contributed by atoms with Gasteiger partial charge in [0.2, 0.25) is 6.23 Å². The molecule has 25 heavy (non-hydrogen) atoms. The second kappa shape index (κ2) is 7.38. The van der Waals surface area contributed by atoms with E-state index in [1.165, 1.54) is 36.3 Å². The van der Waals surface area contributed by atoms with Gasteiger partial charge in [0.15, 0.2) is 0 Å². The quantitative estimate of drug-likeness (QED) is 0.761. The van der Waals surface area contributed by atoms with Crippen LogP contribution in [0.5, 0.6) is 5.75 Å². The molecule has 0 radical (unpaired) electrons. The molecular weight excluding hydrogens is 347 g/mol. The molecule has 138 valence electrons. The molecule has 2 aromatic rings. The van der Waals surface area contributed by atoms with Gasteiger partial charge >= 0.3 is 6.18 Å². The van der Waals surface area contributed by atoms with E-state index in [1.807, 2.05) is 0 Å². The lowest BCUT2D eigenvalue weighted by Crippen LogP contribution is -2.44. The standard InChI is InChI=1S/C16H17F5N2O2/c1-15(8-17,9-18)13(24)14(23-6-5-22-10-23)25-12-4-2-3-11(7-12)16(19,20)21/h2-7,10,13-14,24H,8-9H2,1H3. The van der Waals surface area contributed by atoms with Gasteiger partial charge in [-0.3, -0.25) is 13.3 Å². The number of imidazole rings is 1. The Morgan fingerprint density at radius 1 is 1.24 bits per heavy atom. The number of rotatable bonds is 7. The van der Waals surface area contributed by atoms with Crippen LogP contribution in [0.1, 0.15) is 18.7 Å². The van der Waals surface area contributed by atoms with Crippen LogP contribution in [0.3, 0.4) is 0 Å². The van der Waals surface area contributed by atoms with E-state index in [2.05, 4.69) is 4.98 Å².